The smallest absolute Gasteiger partial charge is 0.204 e. The van der Waals surface area contributed by atoms with Gasteiger partial charge in [-0.3, -0.25) is 0 Å². The number of halogens is 4. The van der Waals surface area contributed by atoms with Crippen LogP contribution in [-0.4, -0.2) is 11.7 Å². The highest BCUT2D eigenvalue weighted by atomic mass is 19.2. The zero-order valence-electron chi connectivity index (χ0n) is 18.8. The van der Waals surface area contributed by atoms with Crippen molar-refractivity contribution in [2.75, 3.05) is 6.61 Å². The largest absolute Gasteiger partial charge is 0.505 e. The Morgan fingerprint density at radius 2 is 1.44 bits per heavy atom. The first kappa shape index (κ1) is 24.4. The Bertz CT molecular complexity index is 921. The van der Waals surface area contributed by atoms with Gasteiger partial charge in [-0.2, -0.15) is 8.78 Å². The van der Waals surface area contributed by atoms with E-state index >= 15 is 0 Å². The minimum atomic E-state index is -1.44. The Labute approximate surface area is 187 Å². The molecule has 0 heterocycles. The average Bonchev–Trinajstić information content (AvgIpc) is 2.79. The normalized spacial score (nSPS) is 18.7. The van der Waals surface area contributed by atoms with Crippen molar-refractivity contribution < 1.29 is 27.4 Å². The van der Waals surface area contributed by atoms with Crippen molar-refractivity contribution in [2.45, 2.75) is 71.6 Å². The van der Waals surface area contributed by atoms with Gasteiger partial charge in [-0.1, -0.05) is 58.1 Å². The van der Waals surface area contributed by atoms with E-state index in [9.17, 15) is 22.7 Å². The Hall–Kier alpha value is -2.24. The third kappa shape index (κ3) is 5.57. The molecule has 0 saturated heterocycles. The molecule has 2 aromatic rings. The predicted octanol–water partition coefficient (Wildman–Crippen LogP) is 7.48. The summed E-state index contributed by atoms with van der Waals surface area (Å²) < 4.78 is 63.1. The first-order chi connectivity index (χ1) is 15.3. The molecule has 6 heteroatoms. The van der Waals surface area contributed by atoms with Crippen LogP contribution >= 0.6 is 0 Å². The summed E-state index contributed by atoms with van der Waals surface area (Å²) in [5.41, 5.74) is 0.178. The summed E-state index contributed by atoms with van der Waals surface area (Å²) in [5, 5.41) is 10.1. The molecular formula is C26H32F4O2. The van der Waals surface area contributed by atoms with Gasteiger partial charge in [-0.05, 0) is 48.3 Å². The lowest BCUT2D eigenvalue weighted by molar-refractivity contribution is 0.173. The minimum absolute atomic E-state index is 0.0381. The Morgan fingerprint density at radius 1 is 0.812 bits per heavy atom. The molecule has 0 amide bonds. The molecule has 1 saturated carbocycles. The van der Waals surface area contributed by atoms with Gasteiger partial charge in [0.25, 0.3) is 0 Å². The van der Waals surface area contributed by atoms with Gasteiger partial charge in [-0.25, -0.2) is 8.78 Å². The second-order valence-corrected chi connectivity index (χ2v) is 8.94. The molecular weight excluding hydrogens is 420 g/mol. The van der Waals surface area contributed by atoms with Gasteiger partial charge in [-0.15, -0.1) is 0 Å². The molecule has 0 aromatic heterocycles. The lowest BCUT2D eigenvalue weighted by Gasteiger charge is -2.28. The quantitative estimate of drug-likeness (QED) is 0.400. The third-order valence-electron chi connectivity index (χ3n) is 6.51. The molecule has 176 valence electrons. The van der Waals surface area contributed by atoms with Crippen LogP contribution in [0.2, 0.25) is 0 Å². The lowest BCUT2D eigenvalue weighted by Crippen LogP contribution is -2.20. The van der Waals surface area contributed by atoms with Crippen LogP contribution in [-0.2, 0) is 12.8 Å². The van der Waals surface area contributed by atoms with E-state index in [2.05, 4.69) is 6.92 Å². The van der Waals surface area contributed by atoms with E-state index in [0.29, 0.717) is 12.8 Å². The van der Waals surface area contributed by atoms with Crippen LogP contribution in [0.4, 0.5) is 17.6 Å². The summed E-state index contributed by atoms with van der Waals surface area (Å²) in [4.78, 5) is 0. The van der Waals surface area contributed by atoms with Crippen molar-refractivity contribution in [2.24, 2.45) is 11.8 Å². The molecule has 3 rings (SSSR count). The van der Waals surface area contributed by atoms with Crippen molar-refractivity contribution in [1.82, 2.24) is 0 Å². The van der Waals surface area contributed by atoms with Crippen LogP contribution in [0.25, 0.3) is 0 Å². The van der Waals surface area contributed by atoms with E-state index in [0.717, 1.165) is 31.6 Å². The van der Waals surface area contributed by atoms with Gasteiger partial charge < -0.3 is 9.84 Å². The maximum absolute atomic E-state index is 14.5. The number of rotatable bonds is 9. The molecule has 2 aromatic carbocycles. The van der Waals surface area contributed by atoms with E-state index in [1.807, 2.05) is 6.92 Å². The second-order valence-electron chi connectivity index (χ2n) is 8.94. The lowest BCUT2D eigenvalue weighted by atomic mass is 9.80. The Balaban J connectivity index is 1.74. The zero-order valence-corrected chi connectivity index (χ0v) is 18.8. The summed E-state index contributed by atoms with van der Waals surface area (Å²) in [6.07, 6.45) is 7.35. The van der Waals surface area contributed by atoms with Gasteiger partial charge in [0.2, 0.25) is 11.6 Å². The molecule has 0 spiro atoms. The van der Waals surface area contributed by atoms with Crippen molar-refractivity contribution in [3.8, 4) is 11.5 Å². The monoisotopic (exact) mass is 452 g/mol. The van der Waals surface area contributed by atoms with Crippen LogP contribution in [0.1, 0.15) is 75.5 Å². The van der Waals surface area contributed by atoms with Gasteiger partial charge in [0.1, 0.15) is 0 Å². The summed E-state index contributed by atoms with van der Waals surface area (Å²) in [5.74, 6) is -4.91. The van der Waals surface area contributed by atoms with Crippen LogP contribution in [0.3, 0.4) is 0 Å². The summed E-state index contributed by atoms with van der Waals surface area (Å²) in [6, 6.07) is 4.09. The molecule has 0 atom stereocenters. The molecule has 0 bridgehead atoms. The fourth-order valence-electron chi connectivity index (χ4n) is 4.62. The fourth-order valence-corrected chi connectivity index (χ4v) is 4.62. The highest BCUT2D eigenvalue weighted by Crippen LogP contribution is 2.35. The maximum Gasteiger partial charge on any atom is 0.204 e. The molecule has 1 aliphatic rings. The molecule has 0 radical (unpaired) electrons. The van der Waals surface area contributed by atoms with Crippen LogP contribution in [0.5, 0.6) is 11.5 Å². The second kappa shape index (κ2) is 11.1. The van der Waals surface area contributed by atoms with Crippen molar-refractivity contribution in [3.63, 3.8) is 0 Å². The predicted molar refractivity (Wildman–Crippen MR) is 117 cm³/mol. The molecule has 1 N–H and O–H groups in total. The minimum Gasteiger partial charge on any atom is -0.505 e. The van der Waals surface area contributed by atoms with Crippen LogP contribution in [0, 0.1) is 35.1 Å². The number of aromatic hydroxyl groups is 1. The van der Waals surface area contributed by atoms with Crippen molar-refractivity contribution in [3.05, 3.63) is 58.2 Å². The van der Waals surface area contributed by atoms with E-state index in [1.165, 1.54) is 31.0 Å². The first-order valence-electron chi connectivity index (χ1n) is 11.6. The van der Waals surface area contributed by atoms with Crippen molar-refractivity contribution in [1.29, 1.82) is 0 Å². The number of aryl methyl sites for hydroxylation is 1. The fraction of sp³-hybridized carbons (Fsp3) is 0.538. The maximum atomic E-state index is 14.5. The zero-order chi connectivity index (χ0) is 23.3. The topological polar surface area (TPSA) is 29.5 Å². The number of benzene rings is 2. The van der Waals surface area contributed by atoms with Gasteiger partial charge >= 0.3 is 0 Å². The van der Waals surface area contributed by atoms with Gasteiger partial charge in [0, 0.05) is 12.0 Å². The van der Waals surface area contributed by atoms with E-state index in [-0.39, 0.29) is 41.4 Å². The number of phenolic OH excluding ortho intramolecular Hbond substituents is 1. The molecule has 0 unspecified atom stereocenters. The Kier molecular flexibility index (Phi) is 8.44. The summed E-state index contributed by atoms with van der Waals surface area (Å²) >= 11 is 0. The van der Waals surface area contributed by atoms with Crippen LogP contribution < -0.4 is 4.74 Å². The third-order valence-corrected chi connectivity index (χ3v) is 6.51. The van der Waals surface area contributed by atoms with Gasteiger partial charge in [0.15, 0.2) is 23.1 Å². The van der Waals surface area contributed by atoms with E-state index in [4.69, 9.17) is 4.74 Å². The summed E-state index contributed by atoms with van der Waals surface area (Å²) in [7, 11) is 0. The number of hydrogen-bond acceptors (Lipinski definition) is 2. The first-order valence-corrected chi connectivity index (χ1v) is 11.6. The van der Waals surface area contributed by atoms with Crippen molar-refractivity contribution >= 4 is 0 Å². The number of ether oxygens (including phenoxy) is 1. The number of phenols is 1. The standard InChI is InChI=1S/C26H32F4O2/c1-3-5-16-7-9-17(10-8-16)15-32-21-14-20(26(31)25(30)24(21)29)13-19-12-11-18(6-4-2)22(27)23(19)28/h11-12,14,16-17,31H,3-10,13,15H2,1-2H3. The highest BCUT2D eigenvalue weighted by Gasteiger charge is 2.24. The molecule has 2 nitrogen and oxygen atoms in total. The van der Waals surface area contributed by atoms with Crippen LogP contribution in [0.15, 0.2) is 18.2 Å². The molecule has 1 fully saturated rings. The Morgan fingerprint density at radius 3 is 2.09 bits per heavy atom. The highest BCUT2D eigenvalue weighted by molar-refractivity contribution is 5.45. The van der Waals surface area contributed by atoms with Gasteiger partial charge in [0.05, 0.1) is 6.61 Å². The summed E-state index contributed by atoms with van der Waals surface area (Å²) in [6.45, 7) is 4.30. The molecule has 1 aliphatic carbocycles. The average molecular weight is 453 g/mol. The molecule has 0 aliphatic heterocycles. The molecule has 32 heavy (non-hydrogen) atoms. The number of hydrogen-bond donors (Lipinski definition) is 1. The SMILES string of the molecule is CCCc1ccc(Cc2cc(OCC3CCC(CCC)CC3)c(F)c(F)c2O)c(F)c1F. The van der Waals surface area contributed by atoms with E-state index in [1.54, 1.807) is 0 Å². The van der Waals surface area contributed by atoms with E-state index < -0.39 is 29.0 Å².